The van der Waals surface area contributed by atoms with Crippen molar-refractivity contribution in [1.29, 1.82) is 0 Å². The average molecular weight is 387 g/mol. The van der Waals surface area contributed by atoms with Crippen LogP contribution < -0.4 is 20.1 Å². The molecule has 0 aliphatic rings. The molecule has 0 heterocycles. The lowest BCUT2D eigenvalue weighted by Gasteiger charge is -2.13. The number of ether oxygens (including phenoxy) is 2. The highest BCUT2D eigenvalue weighted by Gasteiger charge is 2.05. The van der Waals surface area contributed by atoms with Crippen molar-refractivity contribution in [3.63, 3.8) is 0 Å². The molecule has 0 aliphatic heterocycles. The Bertz CT molecular complexity index is 717. The highest BCUT2D eigenvalue weighted by molar-refractivity contribution is 7.80. The first-order valence-electron chi connectivity index (χ1n) is 9.59. The molecule has 27 heavy (non-hydrogen) atoms. The van der Waals surface area contributed by atoms with Crippen LogP contribution in [0.25, 0.3) is 0 Å². The number of thiocarbonyl (C=S) groups is 1. The molecule has 0 aliphatic carbocycles. The van der Waals surface area contributed by atoms with Crippen LogP contribution in [0.1, 0.15) is 37.8 Å². The molecule has 5 heteroatoms. The largest absolute Gasteiger partial charge is 0.493 e. The number of benzene rings is 2. The summed E-state index contributed by atoms with van der Waals surface area (Å²) in [5.41, 5.74) is 3.55. The average Bonchev–Trinajstić information content (AvgIpc) is 2.68. The van der Waals surface area contributed by atoms with E-state index in [1.165, 1.54) is 24.0 Å². The molecule has 0 spiro atoms. The van der Waals surface area contributed by atoms with Gasteiger partial charge in [-0.25, -0.2) is 0 Å². The van der Waals surface area contributed by atoms with Gasteiger partial charge in [0.25, 0.3) is 0 Å². The number of methoxy groups -OCH3 is 1. The number of hydrogen-bond donors (Lipinski definition) is 2. The van der Waals surface area contributed by atoms with E-state index in [4.69, 9.17) is 21.7 Å². The van der Waals surface area contributed by atoms with Gasteiger partial charge in [-0.2, -0.15) is 0 Å². The smallest absolute Gasteiger partial charge is 0.170 e. The van der Waals surface area contributed by atoms with Crippen molar-refractivity contribution in [1.82, 2.24) is 5.32 Å². The van der Waals surface area contributed by atoms with Crippen LogP contribution in [0.15, 0.2) is 42.5 Å². The maximum Gasteiger partial charge on any atom is 0.170 e. The van der Waals surface area contributed by atoms with Gasteiger partial charge in [-0.3, -0.25) is 0 Å². The van der Waals surface area contributed by atoms with Gasteiger partial charge in [0.2, 0.25) is 0 Å². The molecule has 2 N–H and O–H groups in total. The molecule has 4 nitrogen and oxygen atoms in total. The number of aryl methyl sites for hydroxylation is 1. The van der Waals surface area contributed by atoms with Gasteiger partial charge in [0.05, 0.1) is 13.7 Å². The monoisotopic (exact) mass is 386 g/mol. The molecular weight excluding hydrogens is 356 g/mol. The third-order valence-corrected chi connectivity index (χ3v) is 4.50. The second kappa shape index (κ2) is 11.4. The topological polar surface area (TPSA) is 42.5 Å². The lowest BCUT2D eigenvalue weighted by atomic mass is 10.1. The predicted molar refractivity (Wildman–Crippen MR) is 117 cm³/mol. The van der Waals surface area contributed by atoms with Gasteiger partial charge in [0, 0.05) is 12.2 Å². The molecule has 0 amide bonds. The fraction of sp³-hybridized carbons (Fsp3) is 0.409. The second-order valence-corrected chi connectivity index (χ2v) is 6.76. The van der Waals surface area contributed by atoms with E-state index >= 15 is 0 Å². The van der Waals surface area contributed by atoms with Crippen LogP contribution in [0.3, 0.4) is 0 Å². The number of unbranched alkanes of at least 4 members (excludes halogenated alkanes) is 1. The van der Waals surface area contributed by atoms with Gasteiger partial charge in [-0.1, -0.05) is 31.5 Å². The van der Waals surface area contributed by atoms with Gasteiger partial charge in [0.1, 0.15) is 0 Å². The van der Waals surface area contributed by atoms with Crippen LogP contribution in [-0.4, -0.2) is 25.4 Å². The first-order valence-corrected chi connectivity index (χ1v) is 10.0. The van der Waals surface area contributed by atoms with Crippen molar-refractivity contribution in [2.75, 3.05) is 25.6 Å². The number of hydrogen-bond acceptors (Lipinski definition) is 3. The minimum Gasteiger partial charge on any atom is -0.493 e. The van der Waals surface area contributed by atoms with Gasteiger partial charge in [0.15, 0.2) is 16.6 Å². The van der Waals surface area contributed by atoms with Crippen molar-refractivity contribution in [3.8, 4) is 11.5 Å². The fourth-order valence-electron chi connectivity index (χ4n) is 2.77. The molecule has 0 aromatic heterocycles. The van der Waals surface area contributed by atoms with Crippen molar-refractivity contribution in [2.45, 2.75) is 39.5 Å². The van der Waals surface area contributed by atoms with Crippen LogP contribution in [-0.2, 0) is 12.8 Å². The molecule has 0 saturated heterocycles. The number of nitrogens with one attached hydrogen (secondary N) is 2. The zero-order valence-corrected chi connectivity index (χ0v) is 17.3. The number of anilines is 1. The SMILES string of the molecule is CCCCc1ccc(NC(=S)NCCc2ccc(OCC)c(OC)c2)cc1. The third-order valence-electron chi connectivity index (χ3n) is 4.26. The Balaban J connectivity index is 1.78. The molecule has 0 radical (unpaired) electrons. The Kier molecular flexibility index (Phi) is 8.92. The molecule has 0 fully saturated rings. The molecule has 2 aromatic rings. The summed E-state index contributed by atoms with van der Waals surface area (Å²) in [5, 5.41) is 7.12. The summed E-state index contributed by atoms with van der Waals surface area (Å²) in [5.74, 6) is 1.54. The Labute approximate surface area is 168 Å². The fourth-order valence-corrected chi connectivity index (χ4v) is 2.99. The van der Waals surface area contributed by atoms with Crippen molar-refractivity contribution < 1.29 is 9.47 Å². The predicted octanol–water partition coefficient (Wildman–Crippen LogP) is 4.97. The summed E-state index contributed by atoms with van der Waals surface area (Å²) in [4.78, 5) is 0. The van der Waals surface area contributed by atoms with Crippen LogP contribution in [0, 0.1) is 0 Å². The first-order chi connectivity index (χ1) is 13.2. The van der Waals surface area contributed by atoms with Crippen molar-refractivity contribution in [2.24, 2.45) is 0 Å². The Morgan fingerprint density at radius 1 is 0.963 bits per heavy atom. The van der Waals surface area contributed by atoms with E-state index in [1.807, 2.05) is 19.1 Å². The summed E-state index contributed by atoms with van der Waals surface area (Å²) >= 11 is 5.39. The van der Waals surface area contributed by atoms with E-state index in [-0.39, 0.29) is 0 Å². The maximum atomic E-state index is 5.55. The summed E-state index contributed by atoms with van der Waals surface area (Å²) < 4.78 is 10.9. The molecular formula is C22H30N2O2S. The van der Waals surface area contributed by atoms with E-state index in [9.17, 15) is 0 Å². The van der Waals surface area contributed by atoms with E-state index in [2.05, 4.69) is 47.9 Å². The quantitative estimate of drug-likeness (QED) is 0.565. The van der Waals surface area contributed by atoms with E-state index < -0.39 is 0 Å². The molecule has 146 valence electrons. The summed E-state index contributed by atoms with van der Waals surface area (Å²) in [6.07, 6.45) is 4.42. The van der Waals surface area contributed by atoms with Gasteiger partial charge < -0.3 is 20.1 Å². The molecule has 2 aromatic carbocycles. The lowest BCUT2D eigenvalue weighted by molar-refractivity contribution is 0.310. The molecule has 0 atom stereocenters. The van der Waals surface area contributed by atoms with Gasteiger partial charge >= 0.3 is 0 Å². The lowest BCUT2D eigenvalue weighted by Crippen LogP contribution is -2.30. The normalized spacial score (nSPS) is 10.3. The first kappa shape index (κ1) is 21.0. The summed E-state index contributed by atoms with van der Waals surface area (Å²) in [7, 11) is 1.66. The van der Waals surface area contributed by atoms with E-state index in [0.717, 1.165) is 36.6 Å². The van der Waals surface area contributed by atoms with Crippen LogP contribution in [0.5, 0.6) is 11.5 Å². The van der Waals surface area contributed by atoms with Crippen molar-refractivity contribution >= 4 is 23.0 Å². The zero-order chi connectivity index (χ0) is 19.5. The zero-order valence-electron chi connectivity index (χ0n) is 16.5. The van der Waals surface area contributed by atoms with Gasteiger partial charge in [-0.15, -0.1) is 0 Å². The Hall–Kier alpha value is -2.27. The minimum absolute atomic E-state index is 0.622. The van der Waals surface area contributed by atoms with Crippen LogP contribution in [0.4, 0.5) is 5.69 Å². The minimum atomic E-state index is 0.622. The highest BCUT2D eigenvalue weighted by Crippen LogP contribution is 2.28. The number of rotatable bonds is 10. The third kappa shape index (κ3) is 7.10. The molecule has 0 saturated carbocycles. The van der Waals surface area contributed by atoms with Crippen molar-refractivity contribution in [3.05, 3.63) is 53.6 Å². The van der Waals surface area contributed by atoms with Gasteiger partial charge in [-0.05, 0) is 73.8 Å². The molecule has 0 unspecified atom stereocenters. The summed E-state index contributed by atoms with van der Waals surface area (Å²) in [6.45, 7) is 5.54. The highest BCUT2D eigenvalue weighted by atomic mass is 32.1. The van der Waals surface area contributed by atoms with E-state index in [1.54, 1.807) is 7.11 Å². The Morgan fingerprint density at radius 2 is 1.70 bits per heavy atom. The van der Waals surface area contributed by atoms with Crippen LogP contribution >= 0.6 is 12.2 Å². The molecule has 2 rings (SSSR count). The maximum absolute atomic E-state index is 5.55. The molecule has 0 bridgehead atoms. The summed E-state index contributed by atoms with van der Waals surface area (Å²) in [6, 6.07) is 14.5. The van der Waals surface area contributed by atoms with Crippen LogP contribution in [0.2, 0.25) is 0 Å². The second-order valence-electron chi connectivity index (χ2n) is 6.35. The van der Waals surface area contributed by atoms with E-state index in [0.29, 0.717) is 11.7 Å². The Morgan fingerprint density at radius 3 is 2.37 bits per heavy atom. The standard InChI is InChI=1S/C22H30N2O2S/c1-4-6-7-17-8-11-19(12-9-17)24-22(27)23-15-14-18-10-13-20(26-5-2)21(16-18)25-3/h8-13,16H,4-7,14-15H2,1-3H3,(H2,23,24,27).